The van der Waals surface area contributed by atoms with Gasteiger partial charge in [0.05, 0.1) is 25.0 Å². The summed E-state index contributed by atoms with van der Waals surface area (Å²) in [5.74, 6) is 0. The molecule has 0 radical (unpaired) electrons. The standard InChI is InChI=1S/C7H9F3N2O/c8-7(9,10)1-2-12-3-6(4-13)11-5-12/h3,5,13H,1-2,4H2. The van der Waals surface area contributed by atoms with Crippen molar-refractivity contribution in [1.29, 1.82) is 0 Å². The Labute approximate surface area is 72.8 Å². The van der Waals surface area contributed by atoms with E-state index in [1.54, 1.807) is 0 Å². The summed E-state index contributed by atoms with van der Waals surface area (Å²) in [5, 5.41) is 8.58. The molecule has 13 heavy (non-hydrogen) atoms. The van der Waals surface area contributed by atoms with E-state index in [-0.39, 0.29) is 13.2 Å². The van der Waals surface area contributed by atoms with E-state index in [2.05, 4.69) is 4.98 Å². The van der Waals surface area contributed by atoms with E-state index in [0.717, 1.165) is 0 Å². The third kappa shape index (κ3) is 3.45. The van der Waals surface area contributed by atoms with Gasteiger partial charge in [-0.15, -0.1) is 0 Å². The maximum atomic E-state index is 11.7. The van der Waals surface area contributed by atoms with Crippen LogP contribution in [0, 0.1) is 0 Å². The van der Waals surface area contributed by atoms with Crippen LogP contribution in [0.25, 0.3) is 0 Å². The van der Waals surface area contributed by atoms with Crippen LogP contribution in [0.1, 0.15) is 12.1 Å². The second-order valence-corrected chi connectivity index (χ2v) is 2.63. The second-order valence-electron chi connectivity index (χ2n) is 2.63. The average molecular weight is 194 g/mol. The van der Waals surface area contributed by atoms with Gasteiger partial charge in [-0.2, -0.15) is 13.2 Å². The van der Waals surface area contributed by atoms with Gasteiger partial charge in [0.2, 0.25) is 0 Å². The van der Waals surface area contributed by atoms with Gasteiger partial charge in [0.25, 0.3) is 0 Å². The topological polar surface area (TPSA) is 38.0 Å². The lowest BCUT2D eigenvalue weighted by Gasteiger charge is -2.05. The molecule has 1 aromatic rings. The zero-order valence-electron chi connectivity index (χ0n) is 6.75. The summed E-state index contributed by atoms with van der Waals surface area (Å²) < 4.78 is 36.5. The van der Waals surface area contributed by atoms with E-state index in [9.17, 15) is 13.2 Å². The number of hydrogen-bond acceptors (Lipinski definition) is 2. The number of aliphatic hydroxyl groups is 1. The average Bonchev–Trinajstić information content (AvgIpc) is 2.47. The van der Waals surface area contributed by atoms with Crippen LogP contribution in [-0.4, -0.2) is 20.8 Å². The van der Waals surface area contributed by atoms with E-state index in [1.807, 2.05) is 0 Å². The van der Waals surface area contributed by atoms with Crippen LogP contribution in [0.2, 0.25) is 0 Å². The molecule has 0 atom stereocenters. The number of hydrogen-bond donors (Lipinski definition) is 1. The van der Waals surface area contributed by atoms with Gasteiger partial charge in [-0.3, -0.25) is 0 Å². The smallest absolute Gasteiger partial charge is 0.390 e. The Morgan fingerprint density at radius 2 is 2.15 bits per heavy atom. The summed E-state index contributed by atoms with van der Waals surface area (Å²) >= 11 is 0. The molecule has 0 fully saturated rings. The van der Waals surface area contributed by atoms with Gasteiger partial charge in [0.1, 0.15) is 0 Å². The van der Waals surface area contributed by atoms with Crippen LogP contribution in [0.3, 0.4) is 0 Å². The van der Waals surface area contributed by atoms with E-state index in [4.69, 9.17) is 5.11 Å². The lowest BCUT2D eigenvalue weighted by atomic mass is 10.4. The van der Waals surface area contributed by atoms with Crippen molar-refractivity contribution in [2.24, 2.45) is 0 Å². The summed E-state index contributed by atoms with van der Waals surface area (Å²) in [4.78, 5) is 3.68. The normalized spacial score (nSPS) is 12.0. The number of nitrogens with zero attached hydrogens (tertiary/aromatic N) is 2. The summed E-state index contributed by atoms with van der Waals surface area (Å²) in [7, 11) is 0. The largest absolute Gasteiger partial charge is 0.390 e. The number of halogens is 3. The highest BCUT2D eigenvalue weighted by Crippen LogP contribution is 2.20. The maximum absolute atomic E-state index is 11.7. The second kappa shape index (κ2) is 3.78. The molecule has 0 aliphatic rings. The van der Waals surface area contributed by atoms with Crippen LogP contribution < -0.4 is 0 Å². The zero-order valence-corrected chi connectivity index (χ0v) is 6.75. The predicted octanol–water partition coefficient (Wildman–Crippen LogP) is 1.33. The van der Waals surface area contributed by atoms with Crippen LogP contribution >= 0.6 is 0 Å². The SMILES string of the molecule is OCc1cn(CCC(F)(F)F)cn1. The Bertz CT molecular complexity index is 269. The molecule has 1 rings (SSSR count). The summed E-state index contributed by atoms with van der Waals surface area (Å²) in [6, 6.07) is 0. The number of aryl methyl sites for hydroxylation is 1. The summed E-state index contributed by atoms with van der Waals surface area (Å²) in [6.07, 6.45) is -2.36. The molecule has 0 unspecified atom stereocenters. The molecule has 0 amide bonds. The molecule has 3 nitrogen and oxygen atoms in total. The number of aliphatic hydroxyl groups excluding tert-OH is 1. The number of aromatic nitrogens is 2. The molecule has 6 heteroatoms. The van der Waals surface area contributed by atoms with Gasteiger partial charge in [-0.05, 0) is 0 Å². The Morgan fingerprint density at radius 3 is 2.62 bits per heavy atom. The highest BCUT2D eigenvalue weighted by molar-refractivity contribution is 4.93. The Balaban J connectivity index is 2.46. The molecule has 1 heterocycles. The van der Waals surface area contributed by atoms with Crippen molar-refractivity contribution in [3.8, 4) is 0 Å². The predicted molar refractivity (Wildman–Crippen MR) is 38.8 cm³/mol. The van der Waals surface area contributed by atoms with E-state index >= 15 is 0 Å². The minimum atomic E-state index is -4.15. The van der Waals surface area contributed by atoms with E-state index in [1.165, 1.54) is 17.1 Å². The molecule has 0 aromatic carbocycles. The highest BCUT2D eigenvalue weighted by atomic mass is 19.4. The van der Waals surface area contributed by atoms with Crippen molar-refractivity contribution in [1.82, 2.24) is 9.55 Å². The highest BCUT2D eigenvalue weighted by Gasteiger charge is 2.26. The summed E-state index contributed by atoms with van der Waals surface area (Å²) in [6.45, 7) is -0.407. The van der Waals surface area contributed by atoms with Crippen molar-refractivity contribution in [2.45, 2.75) is 25.7 Å². The van der Waals surface area contributed by atoms with Crippen LogP contribution in [0.5, 0.6) is 0 Å². The van der Waals surface area contributed by atoms with Crippen molar-refractivity contribution in [2.75, 3.05) is 0 Å². The van der Waals surface area contributed by atoms with Crippen LogP contribution in [0.4, 0.5) is 13.2 Å². The van der Waals surface area contributed by atoms with Crippen molar-refractivity contribution in [3.05, 3.63) is 18.2 Å². The first-order valence-corrected chi connectivity index (χ1v) is 3.69. The molecule has 74 valence electrons. The number of alkyl halides is 3. The van der Waals surface area contributed by atoms with Gasteiger partial charge in [-0.25, -0.2) is 4.98 Å². The maximum Gasteiger partial charge on any atom is 0.390 e. The third-order valence-electron chi connectivity index (χ3n) is 1.50. The molecular weight excluding hydrogens is 185 g/mol. The van der Waals surface area contributed by atoms with Crippen LogP contribution in [0.15, 0.2) is 12.5 Å². The first-order chi connectivity index (χ1) is 6.01. The van der Waals surface area contributed by atoms with Crippen molar-refractivity contribution in [3.63, 3.8) is 0 Å². The first kappa shape index (κ1) is 10.0. The fourth-order valence-electron chi connectivity index (χ4n) is 0.866. The van der Waals surface area contributed by atoms with Crippen molar-refractivity contribution < 1.29 is 18.3 Å². The Kier molecular flexibility index (Phi) is 2.92. The third-order valence-corrected chi connectivity index (χ3v) is 1.50. The lowest BCUT2D eigenvalue weighted by Crippen LogP contribution is -2.11. The minimum Gasteiger partial charge on any atom is -0.390 e. The first-order valence-electron chi connectivity index (χ1n) is 3.69. The molecule has 0 saturated heterocycles. The molecule has 0 aliphatic carbocycles. The molecule has 0 bridgehead atoms. The molecule has 1 N–H and O–H groups in total. The lowest BCUT2D eigenvalue weighted by molar-refractivity contribution is -0.136. The minimum absolute atomic E-state index is 0.156. The van der Waals surface area contributed by atoms with Gasteiger partial charge in [0.15, 0.2) is 0 Å². The van der Waals surface area contributed by atoms with Crippen LogP contribution in [-0.2, 0) is 13.2 Å². The van der Waals surface area contributed by atoms with Crippen molar-refractivity contribution >= 4 is 0 Å². The van der Waals surface area contributed by atoms with Gasteiger partial charge in [0, 0.05) is 12.7 Å². The Morgan fingerprint density at radius 1 is 1.46 bits per heavy atom. The quantitative estimate of drug-likeness (QED) is 0.788. The number of rotatable bonds is 3. The fourth-order valence-corrected chi connectivity index (χ4v) is 0.866. The molecule has 0 saturated carbocycles. The van der Waals surface area contributed by atoms with Gasteiger partial charge >= 0.3 is 6.18 Å². The molecular formula is C7H9F3N2O. The Hall–Kier alpha value is -1.04. The molecule has 1 aromatic heterocycles. The monoisotopic (exact) mass is 194 g/mol. The van der Waals surface area contributed by atoms with Gasteiger partial charge in [-0.1, -0.05) is 0 Å². The van der Waals surface area contributed by atoms with Gasteiger partial charge < -0.3 is 9.67 Å². The zero-order chi connectivity index (χ0) is 9.90. The van der Waals surface area contributed by atoms with E-state index in [0.29, 0.717) is 5.69 Å². The van der Waals surface area contributed by atoms with E-state index < -0.39 is 12.6 Å². The summed E-state index contributed by atoms with van der Waals surface area (Å²) in [5.41, 5.74) is 0.377. The molecule has 0 spiro atoms. The number of imidazole rings is 1. The fraction of sp³-hybridized carbons (Fsp3) is 0.571. The molecule has 0 aliphatic heterocycles.